The molecule has 0 aliphatic rings. The third-order valence-electron chi connectivity index (χ3n) is 5.34. The molecule has 0 radical (unpaired) electrons. The van der Waals surface area contributed by atoms with Gasteiger partial charge in [0.25, 0.3) is 0 Å². The van der Waals surface area contributed by atoms with Crippen molar-refractivity contribution < 1.29 is 9.15 Å². The maximum absolute atomic E-state index is 6.23. The van der Waals surface area contributed by atoms with Crippen molar-refractivity contribution in [1.29, 1.82) is 0 Å². The van der Waals surface area contributed by atoms with Gasteiger partial charge in [0, 0.05) is 0 Å². The molecule has 4 heteroatoms. The van der Waals surface area contributed by atoms with Crippen LogP contribution in [0.4, 0.5) is 0 Å². The van der Waals surface area contributed by atoms with Crippen LogP contribution in [0, 0.1) is 0 Å². The van der Waals surface area contributed by atoms with Crippen LogP contribution in [0.5, 0.6) is 0 Å². The molecule has 0 saturated carbocycles. The molecule has 2 nitrogen and oxygen atoms in total. The Hall–Kier alpha value is -1.21. The molecule has 0 N–H and O–H groups in total. The van der Waals surface area contributed by atoms with E-state index in [1.54, 1.807) is 0 Å². The molecule has 2 rings (SSSR count). The Bertz CT molecular complexity index is 672. The Morgan fingerprint density at radius 1 is 0.571 bits per heavy atom. The molecule has 28 heavy (non-hydrogen) atoms. The van der Waals surface area contributed by atoms with Crippen molar-refractivity contribution in [2.75, 3.05) is 0 Å². The molecule has 0 spiro atoms. The largest absolute Gasteiger partial charge is 0.298 e. The van der Waals surface area contributed by atoms with Gasteiger partial charge in [-0.3, -0.25) is 9.15 Å². The molecule has 0 heterocycles. The van der Waals surface area contributed by atoms with E-state index in [2.05, 4.69) is 115 Å². The molecule has 0 atom stereocenters. The topological polar surface area (TPSA) is 18.5 Å². The van der Waals surface area contributed by atoms with E-state index in [9.17, 15) is 0 Å². The van der Waals surface area contributed by atoms with E-state index >= 15 is 0 Å². The van der Waals surface area contributed by atoms with Crippen molar-refractivity contribution in [3.05, 3.63) is 71.8 Å². The number of hydrogen-bond acceptors (Lipinski definition) is 2. The predicted molar refractivity (Wildman–Crippen MR) is 126 cm³/mol. The van der Waals surface area contributed by atoms with Gasteiger partial charge in [-0.15, -0.1) is 0 Å². The standard InChI is InChI=1S/C24H38O2Si2/c1-23(2,21-15-11-9-12-16-21)19-27(5,6)25-26-28(7,8)20-24(3,4)22-17-13-10-14-18-22/h9-18H,19-20H2,1-8H3. The molecule has 0 bridgehead atoms. The Labute approximate surface area is 174 Å². The summed E-state index contributed by atoms with van der Waals surface area (Å²) in [6.45, 7) is 18.3. The number of hydrogen-bond donors (Lipinski definition) is 0. The van der Waals surface area contributed by atoms with E-state index in [0.29, 0.717) is 0 Å². The Morgan fingerprint density at radius 3 is 1.14 bits per heavy atom. The molecule has 154 valence electrons. The van der Waals surface area contributed by atoms with Crippen LogP contribution in [-0.2, 0) is 20.0 Å². The van der Waals surface area contributed by atoms with E-state index in [1.165, 1.54) is 11.1 Å². The zero-order valence-corrected chi connectivity index (χ0v) is 21.0. The second-order valence-electron chi connectivity index (χ2n) is 10.5. The molecule has 0 unspecified atom stereocenters. The number of rotatable bonds is 9. The SMILES string of the molecule is CC(C)(C[Si](C)(C)OO[Si](C)(C)CC(C)(C)c1ccccc1)c1ccccc1. The van der Waals surface area contributed by atoms with Crippen LogP contribution >= 0.6 is 0 Å². The van der Waals surface area contributed by atoms with Crippen molar-refractivity contribution >= 4 is 16.6 Å². The van der Waals surface area contributed by atoms with Crippen LogP contribution in [0.3, 0.4) is 0 Å². The average Bonchev–Trinajstić information content (AvgIpc) is 2.60. The highest BCUT2D eigenvalue weighted by Gasteiger charge is 2.39. The summed E-state index contributed by atoms with van der Waals surface area (Å²) >= 11 is 0. The van der Waals surface area contributed by atoms with Gasteiger partial charge in [0.1, 0.15) is 0 Å². The van der Waals surface area contributed by atoms with Crippen LogP contribution in [0.15, 0.2) is 60.7 Å². The molecule has 0 amide bonds. The highest BCUT2D eigenvalue weighted by molar-refractivity contribution is 6.74. The van der Waals surface area contributed by atoms with Crippen LogP contribution in [0.25, 0.3) is 0 Å². The lowest BCUT2D eigenvalue weighted by atomic mass is 9.87. The fourth-order valence-electron chi connectivity index (χ4n) is 4.40. The average molecular weight is 415 g/mol. The fraction of sp³-hybridized carbons (Fsp3) is 0.500. The van der Waals surface area contributed by atoms with E-state index in [0.717, 1.165) is 12.1 Å². The van der Waals surface area contributed by atoms with Gasteiger partial charge >= 0.3 is 0 Å². The van der Waals surface area contributed by atoms with Gasteiger partial charge in [0.15, 0.2) is 0 Å². The number of benzene rings is 2. The van der Waals surface area contributed by atoms with Gasteiger partial charge in [0.05, 0.1) is 0 Å². The summed E-state index contributed by atoms with van der Waals surface area (Å²) in [5, 5.41) is 0. The van der Waals surface area contributed by atoms with Gasteiger partial charge in [-0.1, -0.05) is 88.4 Å². The molecule has 0 fully saturated rings. The predicted octanol–water partition coefficient (Wildman–Crippen LogP) is 7.30. The lowest BCUT2D eigenvalue weighted by Crippen LogP contribution is -2.44. The summed E-state index contributed by atoms with van der Waals surface area (Å²) in [5.74, 6) is 0. The summed E-state index contributed by atoms with van der Waals surface area (Å²) in [6, 6.07) is 23.5. The van der Waals surface area contributed by atoms with Gasteiger partial charge in [0.2, 0.25) is 16.6 Å². The van der Waals surface area contributed by atoms with Gasteiger partial charge in [-0.2, -0.15) is 0 Å². The minimum atomic E-state index is -1.97. The minimum absolute atomic E-state index is 0.0787. The van der Waals surface area contributed by atoms with Crippen LogP contribution in [0.1, 0.15) is 38.8 Å². The molecule has 2 aromatic carbocycles. The van der Waals surface area contributed by atoms with Crippen molar-refractivity contribution in [1.82, 2.24) is 0 Å². The molecular weight excluding hydrogens is 376 g/mol. The van der Waals surface area contributed by atoms with Gasteiger partial charge < -0.3 is 0 Å². The fourth-order valence-corrected chi connectivity index (χ4v) is 11.0. The third kappa shape index (κ3) is 6.69. The van der Waals surface area contributed by atoms with E-state index in [-0.39, 0.29) is 10.8 Å². The summed E-state index contributed by atoms with van der Waals surface area (Å²) in [4.78, 5) is 0. The summed E-state index contributed by atoms with van der Waals surface area (Å²) in [7, 11) is -3.95. The smallest absolute Gasteiger partial charge is 0.232 e. The van der Waals surface area contributed by atoms with Crippen molar-refractivity contribution in [2.24, 2.45) is 0 Å². The van der Waals surface area contributed by atoms with E-state index in [4.69, 9.17) is 9.15 Å². The van der Waals surface area contributed by atoms with Gasteiger partial charge in [-0.05, 0) is 60.2 Å². The maximum atomic E-state index is 6.23. The molecule has 0 aromatic heterocycles. The highest BCUT2D eigenvalue weighted by Crippen LogP contribution is 2.36. The summed E-state index contributed by atoms with van der Waals surface area (Å²) < 4.78 is 12.5. The lowest BCUT2D eigenvalue weighted by Gasteiger charge is -2.37. The molecule has 0 aliphatic heterocycles. The first-order chi connectivity index (χ1) is 12.8. The van der Waals surface area contributed by atoms with Crippen LogP contribution in [-0.4, -0.2) is 16.6 Å². The molecule has 0 saturated heterocycles. The van der Waals surface area contributed by atoms with Crippen LogP contribution in [0.2, 0.25) is 38.3 Å². The first-order valence-corrected chi connectivity index (χ1v) is 16.5. The summed E-state index contributed by atoms with van der Waals surface area (Å²) in [5.41, 5.74) is 2.88. The molecular formula is C24H38O2Si2. The van der Waals surface area contributed by atoms with E-state index < -0.39 is 16.6 Å². The van der Waals surface area contributed by atoms with Crippen molar-refractivity contribution in [2.45, 2.75) is 76.8 Å². The molecule has 2 aromatic rings. The zero-order chi connectivity index (χ0) is 21.1. The highest BCUT2D eigenvalue weighted by atomic mass is 28.4. The van der Waals surface area contributed by atoms with Crippen LogP contribution < -0.4 is 0 Å². The Kier molecular flexibility index (Phi) is 7.14. The quantitative estimate of drug-likeness (QED) is 0.243. The van der Waals surface area contributed by atoms with E-state index in [1.807, 2.05) is 0 Å². The monoisotopic (exact) mass is 414 g/mol. The third-order valence-corrected chi connectivity index (χ3v) is 10.0. The minimum Gasteiger partial charge on any atom is -0.298 e. The summed E-state index contributed by atoms with van der Waals surface area (Å²) in [6.07, 6.45) is 0. The normalized spacial score (nSPS) is 13.6. The second kappa shape index (κ2) is 8.66. The maximum Gasteiger partial charge on any atom is 0.232 e. The zero-order valence-electron chi connectivity index (χ0n) is 19.0. The van der Waals surface area contributed by atoms with Gasteiger partial charge in [-0.25, -0.2) is 0 Å². The Morgan fingerprint density at radius 2 is 0.857 bits per heavy atom. The molecule has 0 aliphatic carbocycles. The van der Waals surface area contributed by atoms with Crippen molar-refractivity contribution in [3.8, 4) is 0 Å². The second-order valence-corrected chi connectivity index (χ2v) is 18.6. The van der Waals surface area contributed by atoms with Crippen molar-refractivity contribution in [3.63, 3.8) is 0 Å². The first kappa shape index (κ1) is 23.1. The Balaban J connectivity index is 2.00. The lowest BCUT2D eigenvalue weighted by molar-refractivity contribution is -0.126. The first-order valence-electron chi connectivity index (χ1n) is 10.3.